The van der Waals surface area contributed by atoms with Crippen LogP contribution in [0.1, 0.15) is 40.8 Å². The molecule has 2 aromatic rings. The molecular weight excluding hydrogens is 316 g/mol. The van der Waals surface area contributed by atoms with E-state index in [1.165, 1.54) is 5.56 Å². The molecular formula is C20H22N2O3. The van der Waals surface area contributed by atoms with Gasteiger partial charge in [0.2, 0.25) is 0 Å². The number of hydrogen-bond donors (Lipinski definition) is 3. The highest BCUT2D eigenvalue weighted by atomic mass is 16.3. The fourth-order valence-electron chi connectivity index (χ4n) is 4.11. The zero-order chi connectivity index (χ0) is 17.4. The van der Waals surface area contributed by atoms with E-state index in [9.17, 15) is 15.0 Å². The van der Waals surface area contributed by atoms with E-state index in [0.29, 0.717) is 12.3 Å². The van der Waals surface area contributed by atoms with Crippen molar-refractivity contribution in [2.24, 2.45) is 0 Å². The van der Waals surface area contributed by atoms with Crippen molar-refractivity contribution < 1.29 is 15.0 Å². The van der Waals surface area contributed by atoms with Gasteiger partial charge in [-0.15, -0.1) is 0 Å². The summed E-state index contributed by atoms with van der Waals surface area (Å²) in [6.45, 7) is 0.500. The minimum atomic E-state index is -0.310. The number of nitrogens with zero attached hydrogens (tertiary/aromatic N) is 1. The number of hydrogen-bond acceptors (Lipinski definition) is 3. The van der Waals surface area contributed by atoms with Gasteiger partial charge in [0.25, 0.3) is 0 Å². The van der Waals surface area contributed by atoms with Crippen LogP contribution in [0, 0.1) is 0 Å². The van der Waals surface area contributed by atoms with Gasteiger partial charge in [-0.05, 0) is 47.6 Å². The normalized spacial score (nSPS) is 21.6. The van der Waals surface area contributed by atoms with E-state index in [2.05, 4.69) is 11.4 Å². The van der Waals surface area contributed by atoms with Crippen LogP contribution >= 0.6 is 0 Å². The van der Waals surface area contributed by atoms with Crippen molar-refractivity contribution in [1.82, 2.24) is 10.2 Å². The number of benzene rings is 2. The van der Waals surface area contributed by atoms with Crippen molar-refractivity contribution in [2.45, 2.75) is 31.3 Å². The third-order valence-electron chi connectivity index (χ3n) is 5.39. The average Bonchev–Trinajstić information content (AvgIpc) is 3.05. The smallest absolute Gasteiger partial charge is 0.318 e. The summed E-state index contributed by atoms with van der Waals surface area (Å²) in [6, 6.07) is 12.9. The number of phenols is 1. The minimum absolute atomic E-state index is 0.0908. The lowest BCUT2D eigenvalue weighted by atomic mass is 9.93. The molecule has 130 valence electrons. The molecule has 3 N–H and O–H groups in total. The number of nitrogens with one attached hydrogen (secondary N) is 1. The summed E-state index contributed by atoms with van der Waals surface area (Å²) in [5.74, 6) is 0.300. The number of urea groups is 1. The van der Waals surface area contributed by atoms with Crippen molar-refractivity contribution in [2.75, 3.05) is 13.2 Å². The average molecular weight is 338 g/mol. The Kier molecular flexibility index (Phi) is 4.09. The molecule has 1 heterocycles. The summed E-state index contributed by atoms with van der Waals surface area (Å²) in [6.07, 6.45) is 2.34. The van der Waals surface area contributed by atoms with E-state index in [4.69, 9.17) is 0 Å². The van der Waals surface area contributed by atoms with Crippen LogP contribution < -0.4 is 5.32 Å². The first-order valence-electron chi connectivity index (χ1n) is 8.75. The molecule has 0 aromatic heterocycles. The zero-order valence-electron chi connectivity index (χ0n) is 14.0. The van der Waals surface area contributed by atoms with Gasteiger partial charge >= 0.3 is 6.03 Å². The van der Waals surface area contributed by atoms with Gasteiger partial charge in [-0.1, -0.05) is 36.4 Å². The van der Waals surface area contributed by atoms with Gasteiger partial charge in [0.15, 0.2) is 0 Å². The third kappa shape index (κ3) is 2.74. The lowest BCUT2D eigenvalue weighted by Gasteiger charge is -2.37. The Morgan fingerprint density at radius 2 is 1.92 bits per heavy atom. The number of carbonyl (C=O) groups excluding carboxylic acids is 1. The second-order valence-electron chi connectivity index (χ2n) is 6.73. The van der Waals surface area contributed by atoms with Gasteiger partial charge in [0.1, 0.15) is 5.75 Å². The molecule has 1 aliphatic carbocycles. The van der Waals surface area contributed by atoms with Crippen molar-refractivity contribution in [3.05, 3.63) is 64.7 Å². The number of carbonyl (C=O) groups is 1. The summed E-state index contributed by atoms with van der Waals surface area (Å²) in [5, 5.41) is 22.9. The second-order valence-corrected chi connectivity index (χ2v) is 6.73. The molecule has 5 nitrogen and oxygen atoms in total. The van der Waals surface area contributed by atoms with E-state index in [-0.39, 0.29) is 24.7 Å². The van der Waals surface area contributed by atoms with E-state index < -0.39 is 0 Å². The van der Waals surface area contributed by atoms with Crippen molar-refractivity contribution in [3.8, 4) is 5.75 Å². The molecule has 0 bridgehead atoms. The molecule has 2 aromatic carbocycles. The first-order chi connectivity index (χ1) is 12.2. The number of fused-ring (bicyclic) bond motifs is 2. The molecule has 0 radical (unpaired) electrons. The standard InChI is InChI=1S/C20H22N2O3/c23-12-18-14-5-2-1-4-13(14)10-11-22(18)20(25)21-17-9-8-16-15(17)6-3-7-19(16)24/h1-7,17-18,23-24H,8-12H2,(H,21,25)/t17-,18+/m1/s1. The fraction of sp³-hybridized carbons (Fsp3) is 0.350. The maximum absolute atomic E-state index is 12.9. The molecule has 1 aliphatic heterocycles. The summed E-state index contributed by atoms with van der Waals surface area (Å²) >= 11 is 0. The van der Waals surface area contributed by atoms with Crippen molar-refractivity contribution in [1.29, 1.82) is 0 Å². The molecule has 25 heavy (non-hydrogen) atoms. The molecule has 5 heteroatoms. The summed E-state index contributed by atoms with van der Waals surface area (Å²) < 4.78 is 0. The monoisotopic (exact) mass is 338 g/mol. The fourth-order valence-corrected chi connectivity index (χ4v) is 4.11. The molecule has 0 unspecified atom stereocenters. The predicted octanol–water partition coefficient (Wildman–Crippen LogP) is 2.68. The lowest BCUT2D eigenvalue weighted by Crippen LogP contribution is -2.47. The SMILES string of the molecule is O=C(N[C@@H]1CCc2c(O)cccc21)N1CCc2ccccc2[C@@H]1CO. The predicted molar refractivity (Wildman–Crippen MR) is 94.4 cm³/mol. The first-order valence-corrected chi connectivity index (χ1v) is 8.75. The van der Waals surface area contributed by atoms with Gasteiger partial charge in [-0.25, -0.2) is 4.79 Å². The zero-order valence-corrected chi connectivity index (χ0v) is 14.0. The van der Waals surface area contributed by atoms with Gasteiger partial charge < -0.3 is 20.4 Å². The number of phenolic OH excluding ortho intramolecular Hbond substituents is 1. The van der Waals surface area contributed by atoms with Gasteiger partial charge in [-0.3, -0.25) is 0 Å². The largest absolute Gasteiger partial charge is 0.508 e. The van der Waals surface area contributed by atoms with Crippen LogP contribution in [0.15, 0.2) is 42.5 Å². The Bertz CT molecular complexity index is 805. The maximum atomic E-state index is 12.9. The number of amides is 2. The topological polar surface area (TPSA) is 72.8 Å². The van der Waals surface area contributed by atoms with E-state index in [1.807, 2.05) is 30.3 Å². The molecule has 2 aliphatic rings. The number of aliphatic hydroxyl groups excluding tert-OH is 1. The Morgan fingerprint density at radius 3 is 2.76 bits per heavy atom. The van der Waals surface area contributed by atoms with E-state index in [1.54, 1.807) is 11.0 Å². The van der Waals surface area contributed by atoms with Crippen LogP contribution in [0.2, 0.25) is 0 Å². The van der Waals surface area contributed by atoms with Crippen LogP contribution in [0.4, 0.5) is 4.79 Å². The number of rotatable bonds is 2. The van der Waals surface area contributed by atoms with E-state index >= 15 is 0 Å². The molecule has 0 spiro atoms. The molecule has 2 atom stereocenters. The van der Waals surface area contributed by atoms with Crippen LogP contribution in [-0.4, -0.2) is 34.3 Å². The molecule has 0 fully saturated rings. The highest BCUT2D eigenvalue weighted by molar-refractivity contribution is 5.76. The van der Waals surface area contributed by atoms with Crippen LogP contribution in [-0.2, 0) is 12.8 Å². The molecule has 0 saturated carbocycles. The van der Waals surface area contributed by atoms with Gasteiger partial charge in [0, 0.05) is 6.54 Å². The lowest BCUT2D eigenvalue weighted by molar-refractivity contribution is 0.125. The third-order valence-corrected chi connectivity index (χ3v) is 5.39. The summed E-state index contributed by atoms with van der Waals surface area (Å²) in [7, 11) is 0. The van der Waals surface area contributed by atoms with Crippen molar-refractivity contribution >= 4 is 6.03 Å². The highest BCUT2D eigenvalue weighted by Crippen LogP contribution is 2.37. The molecule has 0 saturated heterocycles. The Hall–Kier alpha value is -2.53. The van der Waals surface area contributed by atoms with Crippen LogP contribution in [0.5, 0.6) is 5.75 Å². The van der Waals surface area contributed by atoms with Gasteiger partial charge in [-0.2, -0.15) is 0 Å². The van der Waals surface area contributed by atoms with E-state index in [0.717, 1.165) is 36.0 Å². The molecule has 2 amide bonds. The maximum Gasteiger partial charge on any atom is 0.318 e. The Morgan fingerprint density at radius 1 is 1.12 bits per heavy atom. The highest BCUT2D eigenvalue weighted by Gasteiger charge is 2.33. The minimum Gasteiger partial charge on any atom is -0.508 e. The van der Waals surface area contributed by atoms with Gasteiger partial charge in [0.05, 0.1) is 18.7 Å². The summed E-state index contributed by atoms with van der Waals surface area (Å²) in [4.78, 5) is 14.6. The first kappa shape index (κ1) is 16.0. The molecule has 4 rings (SSSR count). The Balaban J connectivity index is 1.54. The number of aliphatic hydroxyl groups is 1. The quantitative estimate of drug-likeness (QED) is 0.788. The van der Waals surface area contributed by atoms with Crippen LogP contribution in [0.3, 0.4) is 0 Å². The Labute approximate surface area is 146 Å². The van der Waals surface area contributed by atoms with Crippen molar-refractivity contribution in [3.63, 3.8) is 0 Å². The second kappa shape index (κ2) is 6.41. The summed E-state index contributed by atoms with van der Waals surface area (Å²) in [5.41, 5.74) is 4.14. The van der Waals surface area contributed by atoms with Crippen LogP contribution in [0.25, 0.3) is 0 Å². The number of aromatic hydroxyl groups is 1.